The smallest absolute Gasteiger partial charge is 0.288 e. The molecule has 100 valence electrons. The van der Waals surface area contributed by atoms with E-state index in [1.54, 1.807) is 0 Å². The van der Waals surface area contributed by atoms with E-state index in [0.29, 0.717) is 5.56 Å². The lowest BCUT2D eigenvalue weighted by Gasteiger charge is -2.03. The van der Waals surface area contributed by atoms with Crippen LogP contribution in [-0.2, 0) is 6.18 Å². The van der Waals surface area contributed by atoms with Gasteiger partial charge in [0.15, 0.2) is 5.01 Å². The molecule has 1 aromatic heterocycles. The molecule has 0 aliphatic rings. The summed E-state index contributed by atoms with van der Waals surface area (Å²) in [5.41, 5.74) is 0.533. The molecule has 0 unspecified atom stereocenters. The summed E-state index contributed by atoms with van der Waals surface area (Å²) < 4.78 is 50.1. The fraction of sp³-hybridized carbons (Fsp3) is 0.167. The number of thiazole rings is 1. The van der Waals surface area contributed by atoms with Crippen LogP contribution in [0.5, 0.6) is 0 Å². The maximum absolute atomic E-state index is 12.9. The average molecular weight is 289 g/mol. The first-order chi connectivity index (χ1) is 8.79. The molecular formula is C12H7F4NOS. The zero-order chi connectivity index (χ0) is 14.2. The molecular weight excluding hydrogens is 282 g/mol. The van der Waals surface area contributed by atoms with Crippen molar-refractivity contribution in [3.8, 4) is 0 Å². The third-order valence-electron chi connectivity index (χ3n) is 2.41. The SMILES string of the molecule is Cc1cc(F)ccc1C(=O)c1cnc(C(F)(F)F)s1. The average Bonchev–Trinajstić information content (AvgIpc) is 2.76. The first kappa shape index (κ1) is 13.7. The Morgan fingerprint density at radius 1 is 1.32 bits per heavy atom. The molecule has 0 radical (unpaired) electrons. The predicted molar refractivity (Wildman–Crippen MR) is 61.7 cm³/mol. The molecule has 0 amide bonds. The van der Waals surface area contributed by atoms with Gasteiger partial charge in [-0.05, 0) is 30.7 Å². The lowest BCUT2D eigenvalue weighted by molar-refractivity contribution is -0.137. The van der Waals surface area contributed by atoms with Crippen molar-refractivity contribution in [2.24, 2.45) is 0 Å². The molecule has 2 nitrogen and oxygen atoms in total. The van der Waals surface area contributed by atoms with Gasteiger partial charge in [0.1, 0.15) is 5.82 Å². The molecule has 0 saturated heterocycles. The Labute approximate surface area is 109 Å². The molecule has 0 aliphatic heterocycles. The van der Waals surface area contributed by atoms with Crippen LogP contribution in [0.15, 0.2) is 24.4 Å². The monoisotopic (exact) mass is 289 g/mol. The molecule has 0 N–H and O–H groups in total. The van der Waals surface area contributed by atoms with Crippen LogP contribution in [-0.4, -0.2) is 10.8 Å². The van der Waals surface area contributed by atoms with Crippen molar-refractivity contribution >= 4 is 17.1 Å². The van der Waals surface area contributed by atoms with Crippen molar-refractivity contribution in [3.05, 3.63) is 51.2 Å². The molecule has 0 fully saturated rings. The Morgan fingerprint density at radius 2 is 2.00 bits per heavy atom. The highest BCUT2D eigenvalue weighted by atomic mass is 32.1. The van der Waals surface area contributed by atoms with Crippen molar-refractivity contribution in [2.75, 3.05) is 0 Å². The fourth-order valence-electron chi connectivity index (χ4n) is 1.52. The number of carbonyl (C=O) groups is 1. The van der Waals surface area contributed by atoms with E-state index in [2.05, 4.69) is 4.98 Å². The van der Waals surface area contributed by atoms with Gasteiger partial charge in [-0.2, -0.15) is 13.2 Å². The highest BCUT2D eigenvalue weighted by molar-refractivity contribution is 7.14. The minimum Gasteiger partial charge on any atom is -0.288 e. The summed E-state index contributed by atoms with van der Waals surface area (Å²) in [7, 11) is 0. The number of aryl methyl sites for hydroxylation is 1. The van der Waals surface area contributed by atoms with Crippen LogP contribution in [0.1, 0.15) is 25.8 Å². The van der Waals surface area contributed by atoms with E-state index < -0.39 is 22.8 Å². The van der Waals surface area contributed by atoms with Crippen LogP contribution < -0.4 is 0 Å². The number of hydrogen-bond donors (Lipinski definition) is 0. The van der Waals surface area contributed by atoms with Crippen molar-refractivity contribution in [1.82, 2.24) is 4.98 Å². The number of rotatable bonds is 2. The standard InChI is InChI=1S/C12H7F4NOS/c1-6-4-7(13)2-3-8(6)10(18)9-5-17-11(19-9)12(14,15)16/h2-5H,1H3. The maximum atomic E-state index is 12.9. The number of aromatic nitrogens is 1. The van der Waals surface area contributed by atoms with Crippen molar-refractivity contribution in [2.45, 2.75) is 13.1 Å². The molecule has 2 rings (SSSR count). The van der Waals surface area contributed by atoms with Gasteiger partial charge in [0, 0.05) is 11.8 Å². The van der Waals surface area contributed by atoms with Gasteiger partial charge in [-0.3, -0.25) is 4.79 Å². The maximum Gasteiger partial charge on any atom is 0.443 e. The van der Waals surface area contributed by atoms with Crippen LogP contribution >= 0.6 is 11.3 Å². The Morgan fingerprint density at radius 3 is 2.53 bits per heavy atom. The predicted octanol–water partition coefficient (Wildman–Crippen LogP) is 3.84. The number of alkyl halides is 3. The quantitative estimate of drug-likeness (QED) is 0.621. The van der Waals surface area contributed by atoms with Gasteiger partial charge >= 0.3 is 6.18 Å². The van der Waals surface area contributed by atoms with Gasteiger partial charge in [-0.25, -0.2) is 9.37 Å². The topological polar surface area (TPSA) is 30.0 Å². The van der Waals surface area contributed by atoms with Crippen molar-refractivity contribution < 1.29 is 22.4 Å². The van der Waals surface area contributed by atoms with Gasteiger partial charge in [0.2, 0.25) is 5.78 Å². The highest BCUT2D eigenvalue weighted by Gasteiger charge is 2.35. The molecule has 0 atom stereocenters. The van der Waals surface area contributed by atoms with Gasteiger partial charge in [0.25, 0.3) is 0 Å². The zero-order valence-electron chi connectivity index (χ0n) is 9.58. The summed E-state index contributed by atoms with van der Waals surface area (Å²) in [4.78, 5) is 15.1. The highest BCUT2D eigenvalue weighted by Crippen LogP contribution is 2.33. The number of hydrogen-bond acceptors (Lipinski definition) is 3. The Balaban J connectivity index is 2.37. The van der Waals surface area contributed by atoms with E-state index in [4.69, 9.17) is 0 Å². The third-order valence-corrected chi connectivity index (χ3v) is 3.45. The zero-order valence-corrected chi connectivity index (χ0v) is 10.4. The van der Waals surface area contributed by atoms with E-state index in [1.165, 1.54) is 13.0 Å². The summed E-state index contributed by atoms with van der Waals surface area (Å²) >= 11 is 0.276. The molecule has 0 spiro atoms. The Bertz CT molecular complexity index is 633. The van der Waals surface area contributed by atoms with E-state index in [9.17, 15) is 22.4 Å². The Hall–Kier alpha value is -1.76. The largest absolute Gasteiger partial charge is 0.443 e. The van der Waals surface area contributed by atoms with Crippen LogP contribution in [0.2, 0.25) is 0 Å². The summed E-state index contributed by atoms with van der Waals surface area (Å²) in [6.45, 7) is 1.52. The molecule has 0 aliphatic carbocycles. The van der Waals surface area contributed by atoms with Crippen molar-refractivity contribution in [3.63, 3.8) is 0 Å². The van der Waals surface area contributed by atoms with Gasteiger partial charge in [-0.15, -0.1) is 11.3 Å². The summed E-state index contributed by atoms with van der Waals surface area (Å²) in [6, 6.07) is 3.49. The molecule has 1 heterocycles. The molecule has 1 aromatic carbocycles. The van der Waals surface area contributed by atoms with E-state index in [-0.39, 0.29) is 21.8 Å². The molecule has 2 aromatic rings. The van der Waals surface area contributed by atoms with E-state index >= 15 is 0 Å². The van der Waals surface area contributed by atoms with Crippen LogP contribution in [0.4, 0.5) is 17.6 Å². The first-order valence-corrected chi connectivity index (χ1v) is 5.94. The van der Waals surface area contributed by atoms with Gasteiger partial charge in [0.05, 0.1) is 4.88 Å². The third kappa shape index (κ3) is 2.81. The van der Waals surface area contributed by atoms with Crippen LogP contribution in [0.3, 0.4) is 0 Å². The second-order valence-electron chi connectivity index (χ2n) is 3.82. The molecule has 0 saturated carbocycles. The van der Waals surface area contributed by atoms with Crippen molar-refractivity contribution in [1.29, 1.82) is 0 Å². The summed E-state index contributed by atoms with van der Waals surface area (Å²) in [5, 5.41) is -1.07. The first-order valence-electron chi connectivity index (χ1n) is 5.13. The minimum absolute atomic E-state index is 0.123. The van der Waals surface area contributed by atoms with E-state index in [0.717, 1.165) is 18.3 Å². The number of halogens is 4. The lowest BCUT2D eigenvalue weighted by atomic mass is 10.0. The van der Waals surface area contributed by atoms with Gasteiger partial charge < -0.3 is 0 Å². The second kappa shape index (κ2) is 4.73. The lowest BCUT2D eigenvalue weighted by Crippen LogP contribution is -2.03. The number of carbonyl (C=O) groups excluding carboxylic acids is 1. The normalized spacial score (nSPS) is 11.6. The van der Waals surface area contributed by atoms with Crippen LogP contribution in [0, 0.1) is 12.7 Å². The Kier molecular flexibility index (Phi) is 3.40. The van der Waals surface area contributed by atoms with Gasteiger partial charge in [-0.1, -0.05) is 0 Å². The molecule has 0 bridgehead atoms. The minimum atomic E-state index is -4.57. The summed E-state index contributed by atoms with van der Waals surface area (Å²) in [5.74, 6) is -1.10. The van der Waals surface area contributed by atoms with E-state index in [1.807, 2.05) is 0 Å². The number of benzene rings is 1. The molecule has 19 heavy (non-hydrogen) atoms. The molecule has 7 heteroatoms. The van der Waals surface area contributed by atoms with Crippen LogP contribution in [0.25, 0.3) is 0 Å². The number of nitrogens with zero attached hydrogens (tertiary/aromatic N) is 1. The second-order valence-corrected chi connectivity index (χ2v) is 4.85. The number of ketones is 1. The summed E-state index contributed by atoms with van der Waals surface area (Å²) in [6.07, 6.45) is -3.68. The fourth-order valence-corrected chi connectivity index (χ4v) is 2.26.